The number of carbonyl (C=O) groups is 3. The maximum atomic E-state index is 15.2. The Balaban J connectivity index is 1.21. The molecule has 0 bridgehead atoms. The Morgan fingerprint density at radius 3 is 2.22 bits per heavy atom. The van der Waals surface area contributed by atoms with E-state index in [1.54, 1.807) is 40.4 Å². The van der Waals surface area contributed by atoms with Crippen molar-refractivity contribution in [3.05, 3.63) is 41.5 Å². The lowest BCUT2D eigenvalue weighted by Crippen LogP contribution is -2.59. The van der Waals surface area contributed by atoms with Crippen LogP contribution in [0.2, 0.25) is 0 Å². The van der Waals surface area contributed by atoms with Crippen LogP contribution < -0.4 is 5.32 Å². The average molecular weight is 913 g/mol. The van der Waals surface area contributed by atoms with Crippen molar-refractivity contribution in [1.82, 2.24) is 4.90 Å². The number of rotatable bonds is 13. The van der Waals surface area contributed by atoms with E-state index in [0.717, 1.165) is 24.9 Å². The van der Waals surface area contributed by atoms with Gasteiger partial charge in [0.05, 0.1) is 55.2 Å². The number of ether oxygens (including phenoxy) is 9. The van der Waals surface area contributed by atoms with Gasteiger partial charge in [-0.3, -0.25) is 9.59 Å². The van der Waals surface area contributed by atoms with Gasteiger partial charge in [-0.05, 0) is 134 Å². The summed E-state index contributed by atoms with van der Waals surface area (Å²) < 4.78 is 55.5. The summed E-state index contributed by atoms with van der Waals surface area (Å²) in [4.78, 5) is 43.9. The van der Waals surface area contributed by atoms with Gasteiger partial charge < -0.3 is 58.0 Å². The average Bonchev–Trinajstić information content (AvgIpc) is 3.87. The zero-order chi connectivity index (χ0) is 46.7. The number of Topliss-reactive ketones (excluding diaryl/α,β-unsaturated/α-hetero) is 1. The van der Waals surface area contributed by atoms with Crippen molar-refractivity contribution in [1.29, 1.82) is 0 Å². The SMILES string of the molecule is CCOC(=O)c1ccc(N[C@@H]2[C@@H](O)[C@@H]3[C@@H](C=C4C(=O)[C@H](C)[C@@H](O[C@H]5CC[C@H](N(C)C)C(C)O5)CCC[C@H](CC)OC(=O)C[C@H]43)[C@@H]3C[C@H](O[C@@H]4OC(C)[C@H](OC)C(OC)C4OC)C[C@H]32)cc1. The molecule has 4 unspecified atom stereocenters. The molecule has 5 fully saturated rings. The van der Waals surface area contributed by atoms with E-state index in [9.17, 15) is 14.7 Å². The molecule has 6 aliphatic rings. The Labute approximate surface area is 385 Å². The Kier molecular flexibility index (Phi) is 16.9. The first kappa shape index (κ1) is 49.9. The molecule has 0 spiro atoms. The highest BCUT2D eigenvalue weighted by molar-refractivity contribution is 5.99. The van der Waals surface area contributed by atoms with Gasteiger partial charge in [0.2, 0.25) is 0 Å². The van der Waals surface area contributed by atoms with Gasteiger partial charge in [-0.1, -0.05) is 19.9 Å². The summed E-state index contributed by atoms with van der Waals surface area (Å²) in [5.74, 6) is -2.81. The summed E-state index contributed by atoms with van der Waals surface area (Å²) in [5, 5.41) is 16.5. The molecule has 3 heterocycles. The lowest BCUT2D eigenvalue weighted by molar-refractivity contribution is -0.314. The summed E-state index contributed by atoms with van der Waals surface area (Å²) in [5.41, 5.74) is 1.71. The molecule has 1 aromatic rings. The van der Waals surface area contributed by atoms with E-state index in [2.05, 4.69) is 37.3 Å². The van der Waals surface area contributed by atoms with Gasteiger partial charge in [0.25, 0.3) is 0 Å². The highest BCUT2D eigenvalue weighted by atomic mass is 16.7. The molecular weight excluding hydrogens is 837 g/mol. The van der Waals surface area contributed by atoms with Gasteiger partial charge in [0, 0.05) is 50.8 Å². The fraction of sp³-hybridized carbons (Fsp3) is 0.780. The molecule has 0 aromatic heterocycles. The van der Waals surface area contributed by atoms with Crippen LogP contribution in [0.5, 0.6) is 0 Å². The number of aliphatic hydroxyl groups is 1. The predicted octanol–water partition coefficient (Wildman–Crippen LogP) is 5.95. The van der Waals surface area contributed by atoms with Gasteiger partial charge in [0.1, 0.15) is 24.4 Å². The van der Waals surface area contributed by atoms with E-state index in [-0.39, 0.29) is 79.1 Å². The number of benzene rings is 1. The fourth-order valence-electron chi connectivity index (χ4n) is 12.3. The van der Waals surface area contributed by atoms with Crippen molar-refractivity contribution in [2.24, 2.45) is 35.5 Å². The number of carbonyl (C=O) groups excluding carboxylic acids is 3. The van der Waals surface area contributed by atoms with Crippen LogP contribution in [0.15, 0.2) is 35.9 Å². The molecule has 364 valence electrons. The summed E-state index contributed by atoms with van der Waals surface area (Å²) in [6, 6.07) is 6.85. The predicted molar refractivity (Wildman–Crippen MR) is 241 cm³/mol. The van der Waals surface area contributed by atoms with Gasteiger partial charge in [-0.15, -0.1) is 0 Å². The molecule has 7 rings (SSSR count). The molecule has 2 saturated carbocycles. The third kappa shape index (κ3) is 10.7. The minimum Gasteiger partial charge on any atom is -0.462 e. The molecule has 3 aliphatic heterocycles. The largest absolute Gasteiger partial charge is 0.462 e. The molecular formula is C50H76N2O13. The number of nitrogens with one attached hydrogen (secondary N) is 1. The molecule has 2 N–H and O–H groups in total. The van der Waals surface area contributed by atoms with Gasteiger partial charge >= 0.3 is 11.9 Å². The van der Waals surface area contributed by atoms with E-state index in [4.69, 9.17) is 42.6 Å². The number of cyclic esters (lactones) is 1. The van der Waals surface area contributed by atoms with Crippen molar-refractivity contribution >= 4 is 23.4 Å². The zero-order valence-electron chi connectivity index (χ0n) is 40.2. The number of methoxy groups -OCH3 is 3. The minimum atomic E-state index is -0.971. The monoisotopic (exact) mass is 913 g/mol. The number of esters is 2. The molecule has 19 atom stereocenters. The van der Waals surface area contributed by atoms with Gasteiger partial charge in [-0.25, -0.2) is 4.79 Å². The van der Waals surface area contributed by atoms with Crippen molar-refractivity contribution in [3.8, 4) is 0 Å². The summed E-state index contributed by atoms with van der Waals surface area (Å²) in [6.07, 6.45) is 2.70. The van der Waals surface area contributed by atoms with Crippen LogP contribution in [-0.4, -0.2) is 149 Å². The zero-order valence-corrected chi connectivity index (χ0v) is 40.2. The van der Waals surface area contributed by atoms with E-state index >= 15 is 4.79 Å². The van der Waals surface area contributed by atoms with Crippen LogP contribution in [0.25, 0.3) is 0 Å². The number of fused-ring (bicyclic) bond motifs is 5. The highest BCUT2D eigenvalue weighted by Gasteiger charge is 2.60. The van der Waals surface area contributed by atoms with E-state index in [1.165, 1.54) is 0 Å². The highest BCUT2D eigenvalue weighted by Crippen LogP contribution is 2.57. The van der Waals surface area contributed by atoms with Gasteiger partial charge in [-0.2, -0.15) is 0 Å². The van der Waals surface area contributed by atoms with Crippen molar-refractivity contribution in [3.63, 3.8) is 0 Å². The van der Waals surface area contributed by atoms with Crippen LogP contribution in [-0.2, 0) is 52.2 Å². The lowest BCUT2D eigenvalue weighted by atomic mass is 9.62. The first-order chi connectivity index (χ1) is 31.2. The first-order valence-corrected chi connectivity index (χ1v) is 24.2. The second-order valence-electron chi connectivity index (χ2n) is 19.6. The van der Waals surface area contributed by atoms with Crippen molar-refractivity contribution < 1.29 is 62.1 Å². The molecule has 0 radical (unpaired) electrons. The smallest absolute Gasteiger partial charge is 0.338 e. The number of hydrogen-bond donors (Lipinski definition) is 2. The Morgan fingerprint density at radius 1 is 0.862 bits per heavy atom. The third-order valence-corrected chi connectivity index (χ3v) is 15.6. The van der Waals surface area contributed by atoms with Crippen LogP contribution in [0.1, 0.15) is 103 Å². The molecule has 3 saturated heterocycles. The number of aliphatic hydroxyl groups excluding tert-OH is 1. The molecule has 15 heteroatoms. The van der Waals surface area contributed by atoms with Crippen molar-refractivity contribution in [2.75, 3.05) is 47.3 Å². The molecule has 1 aromatic carbocycles. The normalized spacial score (nSPS) is 41.3. The first-order valence-electron chi connectivity index (χ1n) is 24.2. The van der Waals surface area contributed by atoms with E-state index in [1.807, 2.05) is 32.9 Å². The van der Waals surface area contributed by atoms with Crippen molar-refractivity contribution in [2.45, 2.75) is 172 Å². The van der Waals surface area contributed by atoms with E-state index in [0.29, 0.717) is 43.2 Å². The molecule has 3 aliphatic carbocycles. The quantitative estimate of drug-likeness (QED) is 0.223. The maximum absolute atomic E-state index is 15.2. The second-order valence-corrected chi connectivity index (χ2v) is 19.6. The maximum Gasteiger partial charge on any atom is 0.338 e. The molecule has 15 nitrogen and oxygen atoms in total. The number of ketones is 1. The van der Waals surface area contributed by atoms with Crippen LogP contribution in [0.4, 0.5) is 5.69 Å². The summed E-state index contributed by atoms with van der Waals surface area (Å²) in [6.45, 7) is 10.0. The fourth-order valence-corrected chi connectivity index (χ4v) is 12.3. The summed E-state index contributed by atoms with van der Waals surface area (Å²) in [7, 11) is 9.00. The molecule has 65 heavy (non-hydrogen) atoms. The van der Waals surface area contributed by atoms with Crippen LogP contribution >= 0.6 is 0 Å². The number of allylic oxidation sites excluding steroid dienone is 2. The van der Waals surface area contributed by atoms with Crippen LogP contribution in [0, 0.1) is 35.5 Å². The Hall–Kier alpha value is -2.99. The standard InChI is InChI=1S/C50H76N2O13/c1-11-31-14-13-15-39(65-41-21-20-38(52(6)7)27(4)61-41)26(3)44(54)37-24-34-33-22-32(64-50-48(59-10)47(58-9)46(57-8)28(5)62-50)23-36(33)43(45(55)42(34)35(37)25-40(53)63-31)51-30-18-16-29(17-19-30)49(56)60-12-2/h16-19,24,26-28,31-36,38-39,41-43,45-48,50-51,55H,11-15,20-23,25H2,1-10H3/t26-,27?,28?,31+,32+,33+,34+,35-,36-,38+,39+,41+,42-,43+,45+,46+,47?,48?,50+/m1/s1. The Bertz CT molecular complexity index is 1790. The van der Waals surface area contributed by atoms with E-state index < -0.39 is 66.8 Å². The van der Waals surface area contributed by atoms with Crippen LogP contribution in [0.3, 0.4) is 0 Å². The topological polar surface area (TPSA) is 170 Å². The number of nitrogens with zero attached hydrogens (tertiary/aromatic N) is 1. The summed E-state index contributed by atoms with van der Waals surface area (Å²) >= 11 is 0. The lowest BCUT2D eigenvalue weighted by Gasteiger charge is -2.47. The Morgan fingerprint density at radius 2 is 1.57 bits per heavy atom. The van der Waals surface area contributed by atoms with Gasteiger partial charge in [0.15, 0.2) is 18.4 Å². The number of anilines is 1. The minimum absolute atomic E-state index is 0.0274. The molecule has 0 amide bonds. The second kappa shape index (κ2) is 22.0. The third-order valence-electron chi connectivity index (χ3n) is 15.6. The number of hydrogen-bond acceptors (Lipinski definition) is 15. The number of likely N-dealkylation sites (N-methyl/N-ethyl adjacent to an activating group) is 1.